The predicted octanol–water partition coefficient (Wildman–Crippen LogP) is 3.39. The molecule has 1 aromatic rings. The van der Waals surface area contributed by atoms with E-state index < -0.39 is 6.04 Å². The molecule has 5 heteroatoms. The number of halogens is 2. The fourth-order valence-electron chi connectivity index (χ4n) is 2.48. The Bertz CT molecular complexity index is 479. The van der Waals surface area contributed by atoms with Crippen LogP contribution in [0.4, 0.5) is 0 Å². The fourth-order valence-corrected chi connectivity index (χ4v) is 2.79. The standard InChI is InChI=1S/C14H18Cl2N2O/c1-2-12(17)14(19)18-7-3-4-13(18)9-5-6-10(15)11(16)8-9/h5-6,8,12-13H,2-4,7,17H2,1H3/t12-,13?/m1/s1. The average molecular weight is 301 g/mol. The lowest BCUT2D eigenvalue weighted by Gasteiger charge is -2.27. The van der Waals surface area contributed by atoms with Gasteiger partial charge in [-0.25, -0.2) is 0 Å². The van der Waals surface area contributed by atoms with Crippen molar-refractivity contribution < 1.29 is 4.79 Å². The maximum atomic E-state index is 12.3. The molecule has 0 radical (unpaired) electrons. The molecule has 2 atom stereocenters. The van der Waals surface area contributed by atoms with Gasteiger partial charge in [0.05, 0.1) is 22.1 Å². The van der Waals surface area contributed by atoms with E-state index in [0.717, 1.165) is 24.9 Å². The Morgan fingerprint density at radius 2 is 2.21 bits per heavy atom. The largest absolute Gasteiger partial charge is 0.334 e. The summed E-state index contributed by atoms with van der Waals surface area (Å²) in [6.45, 7) is 2.68. The van der Waals surface area contributed by atoms with Crippen molar-refractivity contribution in [3.8, 4) is 0 Å². The molecule has 1 fully saturated rings. The molecule has 1 unspecified atom stereocenters. The van der Waals surface area contributed by atoms with Crippen LogP contribution in [0.3, 0.4) is 0 Å². The Hall–Kier alpha value is -0.770. The second-order valence-electron chi connectivity index (χ2n) is 4.88. The molecule has 1 aliphatic heterocycles. The number of amides is 1. The third kappa shape index (κ3) is 3.04. The first-order valence-electron chi connectivity index (χ1n) is 6.55. The second kappa shape index (κ2) is 6.12. The molecule has 0 bridgehead atoms. The number of likely N-dealkylation sites (tertiary alicyclic amines) is 1. The highest BCUT2D eigenvalue weighted by molar-refractivity contribution is 6.42. The molecule has 1 saturated heterocycles. The lowest BCUT2D eigenvalue weighted by Crippen LogP contribution is -2.43. The fraction of sp³-hybridized carbons (Fsp3) is 0.500. The highest BCUT2D eigenvalue weighted by Gasteiger charge is 2.32. The van der Waals surface area contributed by atoms with E-state index in [1.807, 2.05) is 24.0 Å². The van der Waals surface area contributed by atoms with Gasteiger partial charge in [-0.15, -0.1) is 0 Å². The maximum absolute atomic E-state index is 12.3. The number of rotatable bonds is 3. The first kappa shape index (κ1) is 14.6. The van der Waals surface area contributed by atoms with Crippen molar-refractivity contribution in [2.75, 3.05) is 6.54 Å². The van der Waals surface area contributed by atoms with Gasteiger partial charge in [0.15, 0.2) is 0 Å². The molecule has 1 aliphatic rings. The molecule has 1 aromatic carbocycles. The molecule has 0 saturated carbocycles. The Morgan fingerprint density at radius 1 is 1.47 bits per heavy atom. The number of carbonyl (C=O) groups is 1. The molecule has 2 rings (SSSR count). The van der Waals surface area contributed by atoms with Crippen molar-refractivity contribution in [1.29, 1.82) is 0 Å². The number of hydrogen-bond acceptors (Lipinski definition) is 2. The smallest absolute Gasteiger partial charge is 0.239 e. The molecular formula is C14H18Cl2N2O. The van der Waals surface area contributed by atoms with Gasteiger partial charge >= 0.3 is 0 Å². The van der Waals surface area contributed by atoms with Crippen molar-refractivity contribution in [3.63, 3.8) is 0 Å². The zero-order valence-corrected chi connectivity index (χ0v) is 12.4. The monoisotopic (exact) mass is 300 g/mol. The average Bonchev–Trinajstić information content (AvgIpc) is 2.89. The third-order valence-electron chi connectivity index (χ3n) is 3.62. The highest BCUT2D eigenvalue weighted by atomic mass is 35.5. The minimum absolute atomic E-state index is 0.0241. The third-order valence-corrected chi connectivity index (χ3v) is 4.36. The van der Waals surface area contributed by atoms with Crippen molar-refractivity contribution in [2.45, 2.75) is 38.3 Å². The summed E-state index contributed by atoms with van der Waals surface area (Å²) >= 11 is 12.0. The van der Waals surface area contributed by atoms with Crippen molar-refractivity contribution in [3.05, 3.63) is 33.8 Å². The van der Waals surface area contributed by atoms with Gasteiger partial charge in [-0.05, 0) is 37.0 Å². The number of hydrogen-bond donors (Lipinski definition) is 1. The van der Waals surface area contributed by atoms with Crippen LogP contribution in [0.25, 0.3) is 0 Å². The highest BCUT2D eigenvalue weighted by Crippen LogP contribution is 2.35. The number of nitrogens with zero attached hydrogens (tertiary/aromatic N) is 1. The van der Waals surface area contributed by atoms with Crippen LogP contribution in [0, 0.1) is 0 Å². The van der Waals surface area contributed by atoms with Gasteiger partial charge in [0.1, 0.15) is 0 Å². The molecule has 2 N–H and O–H groups in total. The van der Waals surface area contributed by atoms with Crippen molar-refractivity contribution in [1.82, 2.24) is 4.90 Å². The van der Waals surface area contributed by atoms with Crippen LogP contribution in [0.2, 0.25) is 10.0 Å². The molecule has 0 aromatic heterocycles. The van der Waals surface area contributed by atoms with E-state index in [4.69, 9.17) is 28.9 Å². The first-order valence-corrected chi connectivity index (χ1v) is 7.31. The van der Waals surface area contributed by atoms with Crippen LogP contribution in [-0.2, 0) is 4.79 Å². The molecular weight excluding hydrogens is 283 g/mol. The van der Waals surface area contributed by atoms with Gasteiger partial charge in [-0.3, -0.25) is 4.79 Å². The van der Waals surface area contributed by atoms with E-state index >= 15 is 0 Å². The summed E-state index contributed by atoms with van der Waals surface area (Å²) < 4.78 is 0. The molecule has 0 spiro atoms. The summed E-state index contributed by atoms with van der Waals surface area (Å²) in [5, 5.41) is 1.06. The number of benzene rings is 1. The molecule has 1 amide bonds. The van der Waals surface area contributed by atoms with Gasteiger partial charge in [0.25, 0.3) is 0 Å². The minimum atomic E-state index is -0.414. The van der Waals surface area contributed by atoms with E-state index in [9.17, 15) is 4.79 Å². The van der Waals surface area contributed by atoms with E-state index in [1.54, 1.807) is 6.07 Å². The number of nitrogens with two attached hydrogens (primary N) is 1. The van der Waals surface area contributed by atoms with Crippen LogP contribution in [0.15, 0.2) is 18.2 Å². The lowest BCUT2D eigenvalue weighted by atomic mass is 10.0. The van der Waals surface area contributed by atoms with Crippen LogP contribution in [0.5, 0.6) is 0 Å². The summed E-state index contributed by atoms with van der Waals surface area (Å²) in [7, 11) is 0. The van der Waals surface area contributed by atoms with E-state index in [2.05, 4.69) is 0 Å². The van der Waals surface area contributed by atoms with E-state index in [0.29, 0.717) is 16.5 Å². The molecule has 104 valence electrons. The summed E-state index contributed by atoms with van der Waals surface area (Å²) in [4.78, 5) is 14.1. The van der Waals surface area contributed by atoms with Crippen LogP contribution >= 0.6 is 23.2 Å². The first-order chi connectivity index (χ1) is 9.04. The van der Waals surface area contributed by atoms with Crippen molar-refractivity contribution >= 4 is 29.1 Å². The molecule has 0 aliphatic carbocycles. The van der Waals surface area contributed by atoms with Gasteiger partial charge < -0.3 is 10.6 Å². The Balaban J connectivity index is 2.23. The zero-order valence-electron chi connectivity index (χ0n) is 10.9. The Labute approximate surface area is 123 Å². The van der Waals surface area contributed by atoms with Gasteiger partial charge in [-0.2, -0.15) is 0 Å². The normalized spacial score (nSPS) is 20.6. The van der Waals surface area contributed by atoms with Gasteiger partial charge in [0, 0.05) is 6.54 Å². The lowest BCUT2D eigenvalue weighted by molar-refractivity contribution is -0.133. The molecule has 3 nitrogen and oxygen atoms in total. The van der Waals surface area contributed by atoms with Crippen molar-refractivity contribution in [2.24, 2.45) is 5.73 Å². The van der Waals surface area contributed by atoms with Crippen LogP contribution < -0.4 is 5.73 Å². The van der Waals surface area contributed by atoms with Crippen LogP contribution in [-0.4, -0.2) is 23.4 Å². The SMILES string of the molecule is CC[C@@H](N)C(=O)N1CCCC1c1ccc(Cl)c(Cl)c1. The summed E-state index contributed by atoms with van der Waals surface area (Å²) in [5.41, 5.74) is 6.88. The predicted molar refractivity (Wildman–Crippen MR) is 78.4 cm³/mol. The zero-order chi connectivity index (χ0) is 14.0. The van der Waals surface area contributed by atoms with E-state index in [-0.39, 0.29) is 11.9 Å². The molecule has 19 heavy (non-hydrogen) atoms. The Morgan fingerprint density at radius 3 is 2.84 bits per heavy atom. The topological polar surface area (TPSA) is 46.3 Å². The maximum Gasteiger partial charge on any atom is 0.239 e. The quantitative estimate of drug-likeness (QED) is 0.930. The summed E-state index contributed by atoms with van der Waals surface area (Å²) in [5.74, 6) is 0.0241. The second-order valence-corrected chi connectivity index (χ2v) is 5.69. The number of carbonyl (C=O) groups excluding carboxylic acids is 1. The van der Waals surface area contributed by atoms with Crippen LogP contribution in [0.1, 0.15) is 37.8 Å². The minimum Gasteiger partial charge on any atom is -0.334 e. The van der Waals surface area contributed by atoms with Gasteiger partial charge in [0.2, 0.25) is 5.91 Å². The summed E-state index contributed by atoms with van der Waals surface area (Å²) in [6, 6.07) is 5.21. The summed E-state index contributed by atoms with van der Waals surface area (Å²) in [6.07, 6.45) is 2.59. The Kier molecular flexibility index (Phi) is 4.71. The van der Waals surface area contributed by atoms with Gasteiger partial charge in [-0.1, -0.05) is 36.2 Å². The van der Waals surface area contributed by atoms with E-state index in [1.165, 1.54) is 0 Å². The molecule has 1 heterocycles.